The molecule has 90 valence electrons. The quantitative estimate of drug-likeness (QED) is 0.357. The normalized spacial score (nSPS) is 9.81. The molecular formula is C9H14N2O5. The Bertz CT molecular complexity index is 288. The third-order valence-corrected chi connectivity index (χ3v) is 1.42. The molecule has 0 aromatic heterocycles. The van der Waals surface area contributed by atoms with Gasteiger partial charge in [0.2, 0.25) is 0 Å². The minimum absolute atomic E-state index is 0.130. The van der Waals surface area contributed by atoms with E-state index in [2.05, 4.69) is 10.1 Å². The predicted octanol–water partition coefficient (Wildman–Crippen LogP) is -0.683. The van der Waals surface area contributed by atoms with Crippen LogP contribution in [0.4, 0.5) is 4.79 Å². The van der Waals surface area contributed by atoms with Gasteiger partial charge in [-0.1, -0.05) is 0 Å². The van der Waals surface area contributed by atoms with Crippen molar-refractivity contribution < 1.29 is 23.9 Å². The lowest BCUT2D eigenvalue weighted by Gasteiger charge is -2.02. The summed E-state index contributed by atoms with van der Waals surface area (Å²) in [6, 6.07) is -0.628. The lowest BCUT2D eigenvalue weighted by Crippen LogP contribution is -2.30. The molecule has 0 aromatic carbocycles. The number of rotatable bonds is 6. The molecule has 3 N–H and O–H groups in total. The molecule has 0 aliphatic rings. The number of ether oxygens (including phenoxy) is 2. The topological polar surface area (TPSA) is 108 Å². The van der Waals surface area contributed by atoms with E-state index in [4.69, 9.17) is 10.5 Å². The van der Waals surface area contributed by atoms with Crippen LogP contribution in [-0.2, 0) is 19.1 Å². The van der Waals surface area contributed by atoms with Gasteiger partial charge in [0.1, 0.15) is 0 Å². The van der Waals surface area contributed by atoms with Crippen molar-refractivity contribution in [1.82, 2.24) is 5.32 Å². The van der Waals surface area contributed by atoms with Gasteiger partial charge in [-0.05, 0) is 6.42 Å². The summed E-state index contributed by atoms with van der Waals surface area (Å²) in [6.07, 6.45) is 2.37. The highest BCUT2D eigenvalue weighted by Gasteiger charge is 1.99. The standard InChI is InChI=1S/C9H14N2O5/c1-15-7(12)3-4-8(13)16-6-2-5-11-9(10)14/h3-4H,2,5-6H2,1H3,(H3,10,11,14)/b4-3+. The maximum absolute atomic E-state index is 10.9. The molecule has 0 heterocycles. The second-order valence-corrected chi connectivity index (χ2v) is 2.67. The number of methoxy groups -OCH3 is 1. The summed E-state index contributed by atoms with van der Waals surface area (Å²) >= 11 is 0. The van der Waals surface area contributed by atoms with Crippen LogP contribution in [0.2, 0.25) is 0 Å². The Balaban J connectivity index is 3.55. The van der Waals surface area contributed by atoms with E-state index in [0.717, 1.165) is 12.2 Å². The number of hydrogen-bond acceptors (Lipinski definition) is 5. The largest absolute Gasteiger partial charge is 0.466 e. The Kier molecular flexibility index (Phi) is 7.21. The van der Waals surface area contributed by atoms with Gasteiger partial charge < -0.3 is 20.5 Å². The summed E-state index contributed by atoms with van der Waals surface area (Å²) in [7, 11) is 1.20. The van der Waals surface area contributed by atoms with Crippen LogP contribution in [-0.4, -0.2) is 38.2 Å². The molecule has 0 radical (unpaired) electrons. The van der Waals surface area contributed by atoms with Crippen molar-refractivity contribution in [3.63, 3.8) is 0 Å². The van der Waals surface area contributed by atoms with Gasteiger partial charge in [-0.2, -0.15) is 0 Å². The zero-order chi connectivity index (χ0) is 12.4. The number of carbonyl (C=O) groups excluding carboxylic acids is 3. The van der Waals surface area contributed by atoms with Crippen molar-refractivity contribution in [2.45, 2.75) is 6.42 Å². The van der Waals surface area contributed by atoms with Gasteiger partial charge in [-0.3, -0.25) is 0 Å². The van der Waals surface area contributed by atoms with Crippen molar-refractivity contribution in [1.29, 1.82) is 0 Å². The maximum Gasteiger partial charge on any atom is 0.331 e. The van der Waals surface area contributed by atoms with Gasteiger partial charge in [-0.25, -0.2) is 14.4 Å². The van der Waals surface area contributed by atoms with Crippen LogP contribution >= 0.6 is 0 Å². The molecule has 0 bridgehead atoms. The predicted molar refractivity (Wildman–Crippen MR) is 54.3 cm³/mol. The molecule has 7 nitrogen and oxygen atoms in total. The van der Waals surface area contributed by atoms with Gasteiger partial charge in [0, 0.05) is 18.7 Å². The number of urea groups is 1. The molecule has 0 aliphatic heterocycles. The van der Waals surface area contributed by atoms with E-state index in [9.17, 15) is 14.4 Å². The lowest BCUT2D eigenvalue weighted by atomic mass is 10.4. The minimum atomic E-state index is -0.649. The molecule has 0 unspecified atom stereocenters. The number of amides is 2. The first-order chi connectivity index (χ1) is 7.56. The Hall–Kier alpha value is -2.05. The SMILES string of the molecule is COC(=O)/C=C/C(=O)OCCCNC(N)=O. The van der Waals surface area contributed by atoms with Crippen LogP contribution in [0.1, 0.15) is 6.42 Å². The molecule has 0 saturated carbocycles. The van der Waals surface area contributed by atoms with E-state index in [1.54, 1.807) is 0 Å². The fourth-order valence-electron chi connectivity index (χ4n) is 0.709. The molecule has 0 rings (SSSR count). The number of carbonyl (C=O) groups is 3. The van der Waals surface area contributed by atoms with Crippen LogP contribution in [0.15, 0.2) is 12.2 Å². The summed E-state index contributed by atoms with van der Waals surface area (Å²) in [5.41, 5.74) is 4.81. The highest BCUT2D eigenvalue weighted by atomic mass is 16.5. The van der Waals surface area contributed by atoms with E-state index < -0.39 is 18.0 Å². The Morgan fingerprint density at radius 2 is 1.88 bits per heavy atom. The minimum Gasteiger partial charge on any atom is -0.466 e. The van der Waals surface area contributed by atoms with Gasteiger partial charge in [-0.15, -0.1) is 0 Å². The highest BCUT2D eigenvalue weighted by Crippen LogP contribution is 1.86. The van der Waals surface area contributed by atoms with E-state index in [-0.39, 0.29) is 6.61 Å². The van der Waals surface area contributed by atoms with Crippen LogP contribution < -0.4 is 11.1 Å². The van der Waals surface area contributed by atoms with Crippen molar-refractivity contribution in [2.24, 2.45) is 5.73 Å². The number of nitrogens with two attached hydrogens (primary N) is 1. The molecule has 0 fully saturated rings. The van der Waals surface area contributed by atoms with Crippen LogP contribution in [0.5, 0.6) is 0 Å². The summed E-state index contributed by atoms with van der Waals surface area (Å²) in [5, 5.41) is 2.33. The first-order valence-corrected chi connectivity index (χ1v) is 4.52. The van der Waals surface area contributed by atoms with Gasteiger partial charge in [0.05, 0.1) is 13.7 Å². The first-order valence-electron chi connectivity index (χ1n) is 4.52. The van der Waals surface area contributed by atoms with Gasteiger partial charge in [0.15, 0.2) is 0 Å². The molecule has 0 aromatic rings. The highest BCUT2D eigenvalue weighted by molar-refractivity contribution is 5.91. The Morgan fingerprint density at radius 3 is 2.44 bits per heavy atom. The molecule has 2 amide bonds. The molecule has 7 heteroatoms. The number of nitrogens with one attached hydrogen (secondary N) is 1. The fourth-order valence-corrected chi connectivity index (χ4v) is 0.709. The smallest absolute Gasteiger partial charge is 0.331 e. The molecule has 0 spiro atoms. The second kappa shape index (κ2) is 8.27. The number of primary amides is 1. The van der Waals surface area contributed by atoms with E-state index >= 15 is 0 Å². The Morgan fingerprint density at radius 1 is 1.25 bits per heavy atom. The van der Waals surface area contributed by atoms with Crippen LogP contribution in [0.25, 0.3) is 0 Å². The zero-order valence-electron chi connectivity index (χ0n) is 8.89. The maximum atomic E-state index is 10.9. The van der Waals surface area contributed by atoms with Gasteiger partial charge in [0.25, 0.3) is 0 Å². The average Bonchev–Trinajstić information content (AvgIpc) is 2.24. The lowest BCUT2D eigenvalue weighted by molar-refractivity contribution is -0.139. The monoisotopic (exact) mass is 230 g/mol. The molecule has 16 heavy (non-hydrogen) atoms. The van der Waals surface area contributed by atoms with E-state index in [0.29, 0.717) is 13.0 Å². The first kappa shape index (κ1) is 13.9. The van der Waals surface area contributed by atoms with Crippen LogP contribution in [0.3, 0.4) is 0 Å². The third kappa shape index (κ3) is 8.54. The van der Waals surface area contributed by atoms with Crippen molar-refractivity contribution in [3.05, 3.63) is 12.2 Å². The third-order valence-electron chi connectivity index (χ3n) is 1.42. The van der Waals surface area contributed by atoms with E-state index in [1.807, 2.05) is 0 Å². The molecule has 0 atom stereocenters. The van der Waals surface area contributed by atoms with Gasteiger partial charge >= 0.3 is 18.0 Å². The van der Waals surface area contributed by atoms with Crippen molar-refractivity contribution in [2.75, 3.05) is 20.3 Å². The summed E-state index contributed by atoms with van der Waals surface area (Å²) in [6.45, 7) is 0.452. The van der Waals surface area contributed by atoms with E-state index in [1.165, 1.54) is 7.11 Å². The number of hydrogen-bond donors (Lipinski definition) is 2. The number of esters is 2. The van der Waals surface area contributed by atoms with Crippen molar-refractivity contribution in [3.8, 4) is 0 Å². The summed E-state index contributed by atoms with van der Waals surface area (Å²) in [5.74, 6) is -1.28. The summed E-state index contributed by atoms with van der Waals surface area (Å²) < 4.78 is 8.97. The molecule has 0 aliphatic carbocycles. The second-order valence-electron chi connectivity index (χ2n) is 2.67. The molecule has 0 saturated heterocycles. The van der Waals surface area contributed by atoms with Crippen LogP contribution in [0, 0.1) is 0 Å². The summed E-state index contributed by atoms with van der Waals surface area (Å²) in [4.78, 5) is 31.8. The average molecular weight is 230 g/mol. The van der Waals surface area contributed by atoms with Crippen molar-refractivity contribution >= 4 is 18.0 Å². The fraction of sp³-hybridized carbons (Fsp3) is 0.444. The Labute approximate surface area is 92.6 Å². The molecular weight excluding hydrogens is 216 g/mol. The zero-order valence-corrected chi connectivity index (χ0v) is 8.89.